The number of sulfonamides is 1. The fraction of sp³-hybridized carbons (Fsp3) is 0.300. The Morgan fingerprint density at radius 2 is 1.76 bits per heavy atom. The van der Waals surface area contributed by atoms with E-state index in [2.05, 4.69) is 14.6 Å². The summed E-state index contributed by atoms with van der Waals surface area (Å²) in [4.78, 5) is 21.4. The van der Waals surface area contributed by atoms with Crippen LogP contribution in [0, 0.1) is 6.92 Å². The molecule has 0 atom stereocenters. The van der Waals surface area contributed by atoms with Crippen molar-refractivity contribution in [1.82, 2.24) is 14.8 Å². The highest BCUT2D eigenvalue weighted by molar-refractivity contribution is 7.93. The summed E-state index contributed by atoms with van der Waals surface area (Å²) in [5.41, 5.74) is 2.24. The van der Waals surface area contributed by atoms with Crippen LogP contribution in [0.1, 0.15) is 15.9 Å². The average Bonchev–Trinajstić information content (AvgIpc) is 3.09. The number of anilines is 1. The van der Waals surface area contributed by atoms with E-state index in [1.54, 1.807) is 42.5 Å². The summed E-state index contributed by atoms with van der Waals surface area (Å²) in [6.07, 6.45) is 0. The second-order valence-electron chi connectivity index (χ2n) is 7.22. The van der Waals surface area contributed by atoms with E-state index in [9.17, 15) is 13.2 Å². The minimum absolute atomic E-state index is 0.00446. The Morgan fingerprint density at radius 1 is 1.07 bits per heavy atom. The van der Waals surface area contributed by atoms with E-state index >= 15 is 0 Å². The molecule has 0 aliphatic carbocycles. The van der Waals surface area contributed by atoms with Gasteiger partial charge in [0, 0.05) is 31.7 Å². The average molecular weight is 431 g/mol. The lowest BCUT2D eigenvalue weighted by Gasteiger charge is -2.32. The first-order valence-electron chi connectivity index (χ1n) is 9.30. The van der Waals surface area contributed by atoms with Crippen LogP contribution >= 0.6 is 11.3 Å². The van der Waals surface area contributed by atoms with Crippen LogP contribution in [0.2, 0.25) is 0 Å². The fourth-order valence-electron chi connectivity index (χ4n) is 3.18. The first-order chi connectivity index (χ1) is 13.8. The van der Waals surface area contributed by atoms with Crippen LogP contribution in [-0.2, 0) is 10.0 Å². The van der Waals surface area contributed by atoms with E-state index in [-0.39, 0.29) is 15.9 Å². The van der Waals surface area contributed by atoms with Crippen molar-refractivity contribution in [2.75, 3.05) is 37.9 Å². The van der Waals surface area contributed by atoms with Crippen LogP contribution in [0.4, 0.5) is 5.13 Å². The maximum atomic E-state index is 12.8. The largest absolute Gasteiger partial charge is 0.336 e. The third-order valence-corrected chi connectivity index (χ3v) is 7.40. The van der Waals surface area contributed by atoms with Gasteiger partial charge >= 0.3 is 0 Å². The van der Waals surface area contributed by atoms with Crippen molar-refractivity contribution in [3.8, 4) is 0 Å². The van der Waals surface area contributed by atoms with Gasteiger partial charge in [0.1, 0.15) is 0 Å². The van der Waals surface area contributed by atoms with Gasteiger partial charge < -0.3 is 9.80 Å². The molecule has 9 heteroatoms. The highest BCUT2D eigenvalue weighted by atomic mass is 32.2. The summed E-state index contributed by atoms with van der Waals surface area (Å²) < 4.78 is 28.5. The van der Waals surface area contributed by atoms with E-state index in [4.69, 9.17) is 0 Å². The Morgan fingerprint density at radius 3 is 2.45 bits per heavy atom. The summed E-state index contributed by atoms with van der Waals surface area (Å²) in [5, 5.41) is 0.282. The number of piperazine rings is 1. The van der Waals surface area contributed by atoms with E-state index in [0.29, 0.717) is 24.2 Å². The van der Waals surface area contributed by atoms with Crippen LogP contribution in [0.15, 0.2) is 47.4 Å². The summed E-state index contributed by atoms with van der Waals surface area (Å²) in [6.45, 7) is 5.03. The van der Waals surface area contributed by atoms with Crippen molar-refractivity contribution in [2.24, 2.45) is 0 Å². The molecule has 4 rings (SSSR count). The normalized spacial score (nSPS) is 15.6. The zero-order valence-electron chi connectivity index (χ0n) is 16.3. The molecule has 0 unspecified atom stereocenters. The van der Waals surface area contributed by atoms with Crippen molar-refractivity contribution in [3.63, 3.8) is 0 Å². The van der Waals surface area contributed by atoms with Gasteiger partial charge in [0.2, 0.25) is 0 Å². The van der Waals surface area contributed by atoms with Crippen LogP contribution in [0.5, 0.6) is 0 Å². The minimum Gasteiger partial charge on any atom is -0.336 e. The van der Waals surface area contributed by atoms with Gasteiger partial charge in [-0.05, 0) is 44.3 Å². The number of fused-ring (bicyclic) bond motifs is 1. The summed E-state index contributed by atoms with van der Waals surface area (Å²) >= 11 is 1.22. The maximum absolute atomic E-state index is 12.8. The molecular formula is C20H22N4O3S2. The zero-order valence-corrected chi connectivity index (χ0v) is 17.9. The molecule has 3 aromatic rings. The quantitative estimate of drug-likeness (QED) is 0.688. The lowest BCUT2D eigenvalue weighted by atomic mass is 10.1. The number of rotatable bonds is 4. The Kier molecular flexibility index (Phi) is 5.28. The molecule has 0 radical (unpaired) electrons. The molecule has 1 fully saturated rings. The number of carbonyl (C=O) groups is 1. The number of nitrogens with one attached hydrogen (secondary N) is 1. The van der Waals surface area contributed by atoms with Gasteiger partial charge in [0.05, 0.1) is 15.1 Å². The van der Waals surface area contributed by atoms with Gasteiger partial charge in [-0.3, -0.25) is 9.52 Å². The molecule has 0 spiro atoms. The van der Waals surface area contributed by atoms with Crippen LogP contribution in [-0.4, -0.2) is 62.3 Å². The first-order valence-corrected chi connectivity index (χ1v) is 11.6. The standard InChI is InChI=1S/C20H22N4O3S2/c1-14-3-6-16(7-4-14)29(26,27)22-20-21-17-8-5-15(13-18(17)28-20)19(25)24-11-9-23(2)10-12-24/h3-8,13H,9-12H2,1-2H3,(H,21,22). The number of nitrogens with zero attached hydrogens (tertiary/aromatic N) is 3. The highest BCUT2D eigenvalue weighted by Crippen LogP contribution is 2.29. The van der Waals surface area contributed by atoms with E-state index in [1.165, 1.54) is 11.3 Å². The fourth-order valence-corrected chi connectivity index (χ4v) is 5.32. The van der Waals surface area contributed by atoms with Crippen LogP contribution in [0.3, 0.4) is 0 Å². The first kappa shape index (κ1) is 19.8. The SMILES string of the molecule is Cc1ccc(S(=O)(=O)Nc2nc3ccc(C(=O)N4CCN(C)CC4)cc3s2)cc1. The number of carbonyl (C=O) groups excluding carboxylic acids is 1. The molecule has 2 aromatic carbocycles. The number of aryl methyl sites for hydroxylation is 1. The Bertz CT molecular complexity index is 1150. The number of amides is 1. The summed E-state index contributed by atoms with van der Waals surface area (Å²) in [6, 6.07) is 11.9. The van der Waals surface area contributed by atoms with Gasteiger partial charge in [-0.15, -0.1) is 0 Å². The van der Waals surface area contributed by atoms with Crippen LogP contribution in [0.25, 0.3) is 10.2 Å². The summed E-state index contributed by atoms with van der Waals surface area (Å²) in [5.74, 6) is -0.00446. The molecule has 1 aliphatic rings. The lowest BCUT2D eigenvalue weighted by molar-refractivity contribution is 0.0664. The van der Waals surface area contributed by atoms with Gasteiger partial charge in [-0.25, -0.2) is 13.4 Å². The Hall–Kier alpha value is -2.49. The van der Waals surface area contributed by atoms with Crippen molar-refractivity contribution < 1.29 is 13.2 Å². The van der Waals surface area contributed by atoms with Gasteiger partial charge in [-0.1, -0.05) is 29.0 Å². The molecule has 1 N–H and O–H groups in total. The van der Waals surface area contributed by atoms with Gasteiger partial charge in [0.15, 0.2) is 5.13 Å². The monoisotopic (exact) mass is 430 g/mol. The zero-order chi connectivity index (χ0) is 20.6. The second-order valence-corrected chi connectivity index (χ2v) is 9.93. The molecule has 0 bridgehead atoms. The molecule has 2 heterocycles. The molecule has 1 aliphatic heterocycles. The number of likely N-dealkylation sites (N-methyl/N-ethyl adjacent to an activating group) is 1. The van der Waals surface area contributed by atoms with Crippen molar-refractivity contribution in [1.29, 1.82) is 0 Å². The second kappa shape index (κ2) is 7.74. The molecule has 0 saturated carbocycles. The topological polar surface area (TPSA) is 82.6 Å². The molecule has 7 nitrogen and oxygen atoms in total. The minimum atomic E-state index is -3.71. The number of hydrogen-bond donors (Lipinski definition) is 1. The van der Waals surface area contributed by atoms with Gasteiger partial charge in [-0.2, -0.15) is 0 Å². The summed E-state index contributed by atoms with van der Waals surface area (Å²) in [7, 11) is -1.66. The smallest absolute Gasteiger partial charge is 0.263 e. The number of benzene rings is 2. The highest BCUT2D eigenvalue weighted by Gasteiger charge is 2.21. The van der Waals surface area contributed by atoms with E-state index < -0.39 is 10.0 Å². The predicted octanol–water partition coefficient (Wildman–Crippen LogP) is 2.79. The Balaban J connectivity index is 1.55. The molecule has 152 valence electrons. The third-order valence-electron chi connectivity index (χ3n) is 4.98. The van der Waals surface area contributed by atoms with Crippen LogP contribution < -0.4 is 4.72 Å². The molecule has 1 saturated heterocycles. The van der Waals surface area contributed by atoms with Crippen molar-refractivity contribution in [2.45, 2.75) is 11.8 Å². The molecule has 1 aromatic heterocycles. The molecule has 1 amide bonds. The third kappa shape index (κ3) is 4.26. The number of thiazole rings is 1. The van der Waals surface area contributed by atoms with Gasteiger partial charge in [0.25, 0.3) is 15.9 Å². The van der Waals surface area contributed by atoms with E-state index in [0.717, 1.165) is 23.4 Å². The van der Waals surface area contributed by atoms with Crippen molar-refractivity contribution >= 4 is 42.6 Å². The number of aromatic nitrogens is 1. The van der Waals surface area contributed by atoms with E-state index in [1.807, 2.05) is 18.9 Å². The molecular weight excluding hydrogens is 408 g/mol. The number of hydrogen-bond acceptors (Lipinski definition) is 6. The Labute approximate surface area is 174 Å². The molecule has 29 heavy (non-hydrogen) atoms. The lowest BCUT2D eigenvalue weighted by Crippen LogP contribution is -2.47. The maximum Gasteiger partial charge on any atom is 0.263 e. The predicted molar refractivity (Wildman–Crippen MR) is 115 cm³/mol. The van der Waals surface area contributed by atoms with Crippen molar-refractivity contribution in [3.05, 3.63) is 53.6 Å².